The number of nitrogens with one attached hydrogen (secondary N) is 1. The van der Waals surface area contributed by atoms with Crippen LogP contribution in [0.1, 0.15) is 43.3 Å². The first-order valence-electron chi connectivity index (χ1n) is 8.98. The molecule has 1 unspecified atom stereocenters. The van der Waals surface area contributed by atoms with Crippen molar-refractivity contribution in [2.75, 3.05) is 0 Å². The van der Waals surface area contributed by atoms with Gasteiger partial charge in [-0.15, -0.1) is 0 Å². The van der Waals surface area contributed by atoms with Gasteiger partial charge in [-0.3, -0.25) is 0 Å². The molecule has 1 heterocycles. The normalized spacial score (nSPS) is 12.5. The van der Waals surface area contributed by atoms with Crippen molar-refractivity contribution < 1.29 is 19.4 Å². The summed E-state index contributed by atoms with van der Waals surface area (Å²) in [5, 5.41) is 12.0. The minimum atomic E-state index is -1.09. The van der Waals surface area contributed by atoms with E-state index in [1.807, 2.05) is 38.1 Å². The van der Waals surface area contributed by atoms with Gasteiger partial charge in [-0.25, -0.2) is 9.59 Å². The molecular formula is C21H28N2O4. The molecule has 0 aliphatic rings. The molecule has 27 heavy (non-hydrogen) atoms. The van der Waals surface area contributed by atoms with Gasteiger partial charge in [0.25, 0.3) is 0 Å². The number of aromatic nitrogens is 1. The molecule has 0 saturated carbocycles. The van der Waals surface area contributed by atoms with Crippen molar-refractivity contribution in [3.63, 3.8) is 0 Å². The number of aliphatic carboxylic acids is 1. The van der Waals surface area contributed by atoms with Gasteiger partial charge in [0, 0.05) is 24.4 Å². The van der Waals surface area contributed by atoms with E-state index in [0.717, 1.165) is 23.5 Å². The van der Waals surface area contributed by atoms with Gasteiger partial charge < -0.3 is 19.7 Å². The van der Waals surface area contributed by atoms with E-state index in [-0.39, 0.29) is 6.42 Å². The number of benzene rings is 1. The van der Waals surface area contributed by atoms with Crippen LogP contribution in [-0.4, -0.2) is 33.4 Å². The highest BCUT2D eigenvalue weighted by Crippen LogP contribution is 2.19. The Kier molecular flexibility index (Phi) is 6.31. The SMILES string of the molecule is Cc1cc(CC(NC(=O)OC(C)(C)C)C(=O)O)c(C)n1Cc1ccccc1. The van der Waals surface area contributed by atoms with Gasteiger partial charge >= 0.3 is 12.1 Å². The second kappa shape index (κ2) is 8.29. The standard InChI is InChI=1S/C21H28N2O4/c1-14-11-17(15(2)23(14)13-16-9-7-6-8-10-16)12-18(19(24)25)22-20(26)27-21(3,4)5/h6-11,18H,12-13H2,1-5H3,(H,22,26)(H,24,25). The third kappa shape index (κ3) is 5.88. The molecule has 2 N–H and O–H groups in total. The van der Waals surface area contributed by atoms with Crippen LogP contribution in [0.5, 0.6) is 0 Å². The average Bonchev–Trinajstić information content (AvgIpc) is 2.81. The first-order chi connectivity index (χ1) is 12.6. The van der Waals surface area contributed by atoms with Crippen molar-refractivity contribution in [2.45, 2.75) is 59.2 Å². The molecule has 1 atom stereocenters. The minimum Gasteiger partial charge on any atom is -0.480 e. The maximum absolute atomic E-state index is 12.0. The molecule has 0 radical (unpaired) electrons. The molecule has 1 amide bonds. The van der Waals surface area contributed by atoms with Crippen molar-refractivity contribution in [3.05, 3.63) is 58.9 Å². The molecule has 146 valence electrons. The van der Waals surface area contributed by atoms with Crippen LogP contribution >= 0.6 is 0 Å². The quantitative estimate of drug-likeness (QED) is 0.811. The van der Waals surface area contributed by atoms with Crippen molar-refractivity contribution in [1.82, 2.24) is 9.88 Å². The molecule has 0 saturated heterocycles. The lowest BCUT2D eigenvalue weighted by Crippen LogP contribution is -2.44. The van der Waals surface area contributed by atoms with Gasteiger partial charge in [-0.2, -0.15) is 0 Å². The average molecular weight is 372 g/mol. The first-order valence-corrected chi connectivity index (χ1v) is 8.98. The number of rotatable bonds is 6. The van der Waals surface area contributed by atoms with Crippen LogP contribution in [-0.2, 0) is 22.5 Å². The van der Waals surface area contributed by atoms with Crippen LogP contribution in [0.4, 0.5) is 4.79 Å². The summed E-state index contributed by atoms with van der Waals surface area (Å²) in [5.74, 6) is -1.09. The molecule has 0 aliphatic heterocycles. The minimum absolute atomic E-state index is 0.197. The van der Waals surface area contributed by atoms with Gasteiger partial charge in [-0.1, -0.05) is 30.3 Å². The zero-order chi connectivity index (χ0) is 20.2. The third-order valence-electron chi connectivity index (χ3n) is 4.28. The van der Waals surface area contributed by atoms with Crippen molar-refractivity contribution in [3.8, 4) is 0 Å². The number of carboxylic acids is 1. The Bertz CT molecular complexity index is 804. The number of amides is 1. The molecule has 1 aromatic carbocycles. The second-order valence-corrected chi connectivity index (χ2v) is 7.71. The van der Waals surface area contributed by atoms with E-state index >= 15 is 0 Å². The van der Waals surface area contributed by atoms with Crippen LogP contribution in [0.25, 0.3) is 0 Å². The zero-order valence-electron chi connectivity index (χ0n) is 16.6. The van der Waals surface area contributed by atoms with E-state index in [1.54, 1.807) is 20.8 Å². The Morgan fingerprint density at radius 1 is 1.19 bits per heavy atom. The number of alkyl carbamates (subject to hydrolysis) is 1. The predicted molar refractivity (Wildman–Crippen MR) is 104 cm³/mol. The molecule has 0 aliphatic carbocycles. The smallest absolute Gasteiger partial charge is 0.408 e. The summed E-state index contributed by atoms with van der Waals surface area (Å²) in [7, 11) is 0. The molecule has 1 aromatic heterocycles. The number of aryl methyl sites for hydroxylation is 1. The van der Waals surface area contributed by atoms with Crippen LogP contribution in [0.3, 0.4) is 0 Å². The fraction of sp³-hybridized carbons (Fsp3) is 0.429. The van der Waals surface area contributed by atoms with Crippen LogP contribution in [0.15, 0.2) is 36.4 Å². The lowest BCUT2D eigenvalue weighted by atomic mass is 10.1. The second-order valence-electron chi connectivity index (χ2n) is 7.71. The largest absolute Gasteiger partial charge is 0.480 e. The summed E-state index contributed by atoms with van der Waals surface area (Å²) < 4.78 is 7.33. The van der Waals surface area contributed by atoms with Crippen LogP contribution in [0.2, 0.25) is 0 Å². The number of carbonyl (C=O) groups is 2. The Morgan fingerprint density at radius 3 is 2.37 bits per heavy atom. The van der Waals surface area contributed by atoms with Crippen LogP contribution < -0.4 is 5.32 Å². The van der Waals surface area contributed by atoms with E-state index in [1.165, 1.54) is 5.56 Å². The Labute approximate surface area is 160 Å². The number of hydrogen-bond donors (Lipinski definition) is 2. The maximum atomic E-state index is 12.0. The highest BCUT2D eigenvalue weighted by Gasteiger charge is 2.25. The topological polar surface area (TPSA) is 80.6 Å². The van der Waals surface area contributed by atoms with Gasteiger partial charge in [0.1, 0.15) is 11.6 Å². The molecule has 0 fully saturated rings. The third-order valence-corrected chi connectivity index (χ3v) is 4.28. The summed E-state index contributed by atoms with van der Waals surface area (Å²) in [4.78, 5) is 23.6. The number of carbonyl (C=O) groups excluding carboxylic acids is 1. The molecular weight excluding hydrogens is 344 g/mol. The lowest BCUT2D eigenvalue weighted by Gasteiger charge is -2.22. The summed E-state index contributed by atoms with van der Waals surface area (Å²) in [6.07, 6.45) is -0.531. The molecule has 6 heteroatoms. The number of ether oxygens (including phenoxy) is 1. The predicted octanol–water partition coefficient (Wildman–Crippen LogP) is 3.67. The Balaban J connectivity index is 2.15. The van der Waals surface area contributed by atoms with E-state index in [9.17, 15) is 14.7 Å². The monoisotopic (exact) mass is 372 g/mol. The summed E-state index contributed by atoms with van der Waals surface area (Å²) in [5.41, 5.74) is 3.43. The molecule has 2 rings (SSSR count). The summed E-state index contributed by atoms with van der Waals surface area (Å²) in [6.45, 7) is 9.89. The van der Waals surface area contributed by atoms with E-state index < -0.39 is 23.7 Å². The molecule has 2 aromatic rings. The number of carboxylic acid groups (broad SMARTS) is 1. The van der Waals surface area contributed by atoms with Gasteiger partial charge in [-0.05, 0) is 51.8 Å². The Morgan fingerprint density at radius 2 is 1.81 bits per heavy atom. The van der Waals surface area contributed by atoms with Crippen molar-refractivity contribution in [1.29, 1.82) is 0 Å². The van der Waals surface area contributed by atoms with Gasteiger partial charge in [0.15, 0.2) is 0 Å². The van der Waals surface area contributed by atoms with Gasteiger partial charge in [0.05, 0.1) is 0 Å². The molecule has 0 spiro atoms. The Hall–Kier alpha value is -2.76. The van der Waals surface area contributed by atoms with Gasteiger partial charge in [0.2, 0.25) is 0 Å². The van der Waals surface area contributed by atoms with Crippen molar-refractivity contribution in [2.24, 2.45) is 0 Å². The van der Waals surface area contributed by atoms with E-state index in [2.05, 4.69) is 22.0 Å². The zero-order valence-corrected chi connectivity index (χ0v) is 16.6. The fourth-order valence-electron chi connectivity index (χ4n) is 2.96. The molecule has 6 nitrogen and oxygen atoms in total. The number of nitrogens with zero attached hydrogens (tertiary/aromatic N) is 1. The maximum Gasteiger partial charge on any atom is 0.408 e. The summed E-state index contributed by atoms with van der Waals surface area (Å²) in [6, 6.07) is 11.0. The van der Waals surface area contributed by atoms with E-state index in [0.29, 0.717) is 0 Å². The first kappa shape index (κ1) is 20.6. The highest BCUT2D eigenvalue weighted by atomic mass is 16.6. The van der Waals surface area contributed by atoms with Crippen LogP contribution in [0, 0.1) is 13.8 Å². The lowest BCUT2D eigenvalue weighted by molar-refractivity contribution is -0.139. The highest BCUT2D eigenvalue weighted by molar-refractivity contribution is 5.80. The fourth-order valence-corrected chi connectivity index (χ4v) is 2.96. The number of hydrogen-bond acceptors (Lipinski definition) is 3. The summed E-state index contributed by atoms with van der Waals surface area (Å²) >= 11 is 0. The molecule has 0 bridgehead atoms. The van der Waals surface area contributed by atoms with E-state index in [4.69, 9.17) is 4.74 Å². The van der Waals surface area contributed by atoms with Crippen molar-refractivity contribution >= 4 is 12.1 Å².